The Morgan fingerprint density at radius 3 is 2.50 bits per heavy atom. The van der Waals surface area contributed by atoms with E-state index in [2.05, 4.69) is 36.1 Å². The highest BCUT2D eigenvalue weighted by Gasteiger charge is 2.22. The summed E-state index contributed by atoms with van der Waals surface area (Å²) in [6.45, 7) is 2.77. The summed E-state index contributed by atoms with van der Waals surface area (Å²) in [7, 11) is 0. The van der Waals surface area contributed by atoms with Gasteiger partial charge in [0.25, 0.3) is 0 Å². The van der Waals surface area contributed by atoms with Crippen LogP contribution in [0.5, 0.6) is 0 Å². The Kier molecular flexibility index (Phi) is 4.53. The third-order valence-electron chi connectivity index (χ3n) is 3.48. The van der Waals surface area contributed by atoms with Gasteiger partial charge in [-0.25, -0.2) is 14.8 Å². The molecule has 1 N–H and O–H groups in total. The molecule has 2 aromatic rings. The zero-order valence-electron chi connectivity index (χ0n) is 11.9. The molecular weight excluding hydrogens is 346 g/mol. The summed E-state index contributed by atoms with van der Waals surface area (Å²) in [5.41, 5.74) is 0.785. The lowest BCUT2D eigenvalue weighted by molar-refractivity contribution is 0.208. The van der Waals surface area contributed by atoms with E-state index in [1.165, 1.54) is 0 Å². The van der Waals surface area contributed by atoms with Gasteiger partial charge in [-0.1, -0.05) is 22.0 Å². The van der Waals surface area contributed by atoms with E-state index in [1.807, 2.05) is 24.3 Å². The predicted molar refractivity (Wildman–Crippen MR) is 89.0 cm³/mol. The summed E-state index contributed by atoms with van der Waals surface area (Å²) in [4.78, 5) is 24.6. The summed E-state index contributed by atoms with van der Waals surface area (Å²) in [5.74, 6) is 0.717. The van der Waals surface area contributed by atoms with Crippen molar-refractivity contribution in [2.45, 2.75) is 0 Å². The molecule has 0 atom stereocenters. The number of anilines is 2. The molecule has 7 heteroatoms. The van der Waals surface area contributed by atoms with Crippen molar-refractivity contribution in [2.75, 3.05) is 36.4 Å². The molecule has 3 rings (SSSR count). The molecule has 1 aliphatic rings. The maximum Gasteiger partial charge on any atom is 0.321 e. The van der Waals surface area contributed by atoms with Crippen LogP contribution < -0.4 is 10.2 Å². The molecule has 1 saturated heterocycles. The second kappa shape index (κ2) is 6.74. The lowest BCUT2D eigenvalue weighted by Gasteiger charge is -2.34. The fourth-order valence-electron chi connectivity index (χ4n) is 2.33. The monoisotopic (exact) mass is 361 g/mol. The van der Waals surface area contributed by atoms with Crippen LogP contribution in [0.2, 0.25) is 0 Å². The standard InChI is InChI=1S/C15H16BrN5O/c16-12-3-1-4-13(11-12)19-15(22)21-9-7-20(8-10-21)14-17-5-2-6-18-14/h1-6,11H,7-10H2,(H,19,22). The Hall–Kier alpha value is -2.15. The number of carbonyl (C=O) groups is 1. The average Bonchev–Trinajstić information content (AvgIpc) is 2.56. The molecule has 114 valence electrons. The third-order valence-corrected chi connectivity index (χ3v) is 3.97. The van der Waals surface area contributed by atoms with Crippen LogP contribution >= 0.6 is 15.9 Å². The van der Waals surface area contributed by atoms with Crippen LogP contribution in [0.1, 0.15) is 0 Å². The fourth-order valence-corrected chi connectivity index (χ4v) is 2.73. The molecule has 1 fully saturated rings. The van der Waals surface area contributed by atoms with Crippen molar-refractivity contribution in [2.24, 2.45) is 0 Å². The highest BCUT2D eigenvalue weighted by Crippen LogP contribution is 2.17. The van der Waals surface area contributed by atoms with Crippen LogP contribution in [0.3, 0.4) is 0 Å². The zero-order valence-corrected chi connectivity index (χ0v) is 13.5. The van der Waals surface area contributed by atoms with E-state index < -0.39 is 0 Å². The van der Waals surface area contributed by atoms with E-state index in [4.69, 9.17) is 0 Å². The maximum absolute atomic E-state index is 12.3. The van der Waals surface area contributed by atoms with Crippen molar-refractivity contribution in [3.8, 4) is 0 Å². The van der Waals surface area contributed by atoms with Crippen LogP contribution in [0, 0.1) is 0 Å². The number of urea groups is 1. The largest absolute Gasteiger partial charge is 0.337 e. The first-order valence-electron chi connectivity index (χ1n) is 7.06. The number of nitrogens with zero attached hydrogens (tertiary/aromatic N) is 4. The molecule has 22 heavy (non-hydrogen) atoms. The molecule has 1 aromatic carbocycles. The molecule has 0 bridgehead atoms. The number of aromatic nitrogens is 2. The van der Waals surface area contributed by atoms with E-state index in [0.717, 1.165) is 29.2 Å². The molecule has 0 radical (unpaired) electrons. The number of nitrogens with one attached hydrogen (secondary N) is 1. The second-order valence-electron chi connectivity index (χ2n) is 4.96. The number of benzene rings is 1. The van der Waals surface area contributed by atoms with Gasteiger partial charge in [0.05, 0.1) is 0 Å². The molecule has 0 saturated carbocycles. The Balaban J connectivity index is 1.56. The van der Waals surface area contributed by atoms with E-state index in [0.29, 0.717) is 13.1 Å². The van der Waals surface area contributed by atoms with Crippen LogP contribution in [-0.4, -0.2) is 47.1 Å². The molecule has 1 aromatic heterocycles. The van der Waals surface area contributed by atoms with Crippen LogP contribution in [0.15, 0.2) is 47.2 Å². The second-order valence-corrected chi connectivity index (χ2v) is 5.88. The number of hydrogen-bond acceptors (Lipinski definition) is 4. The van der Waals surface area contributed by atoms with Crippen molar-refractivity contribution in [3.05, 3.63) is 47.2 Å². The van der Waals surface area contributed by atoms with Gasteiger partial charge in [-0.2, -0.15) is 0 Å². The molecule has 0 spiro atoms. The minimum absolute atomic E-state index is 0.0771. The molecular formula is C15H16BrN5O. The number of piperazine rings is 1. The van der Waals surface area contributed by atoms with Gasteiger partial charge in [0.1, 0.15) is 0 Å². The van der Waals surface area contributed by atoms with Gasteiger partial charge in [0.15, 0.2) is 0 Å². The Labute approximate surface area is 137 Å². The molecule has 2 heterocycles. The average molecular weight is 362 g/mol. The first-order chi connectivity index (χ1) is 10.7. The Morgan fingerprint density at radius 2 is 1.82 bits per heavy atom. The van der Waals surface area contributed by atoms with Gasteiger partial charge >= 0.3 is 6.03 Å². The number of halogens is 1. The lowest BCUT2D eigenvalue weighted by atomic mass is 10.3. The first kappa shape index (κ1) is 14.8. The van der Waals surface area contributed by atoms with Gasteiger partial charge < -0.3 is 15.1 Å². The number of amides is 2. The smallest absolute Gasteiger partial charge is 0.321 e. The van der Waals surface area contributed by atoms with Gasteiger partial charge in [0, 0.05) is 48.7 Å². The topological polar surface area (TPSA) is 61.4 Å². The molecule has 2 amide bonds. The molecule has 1 aliphatic heterocycles. The molecule has 6 nitrogen and oxygen atoms in total. The number of carbonyl (C=O) groups excluding carboxylic acids is 1. The van der Waals surface area contributed by atoms with Gasteiger partial charge in [-0.3, -0.25) is 0 Å². The number of rotatable bonds is 2. The SMILES string of the molecule is O=C(Nc1cccc(Br)c1)N1CCN(c2ncccn2)CC1. The van der Waals surface area contributed by atoms with E-state index in [-0.39, 0.29) is 6.03 Å². The van der Waals surface area contributed by atoms with Gasteiger partial charge in [-0.05, 0) is 24.3 Å². The highest BCUT2D eigenvalue weighted by molar-refractivity contribution is 9.10. The molecule has 0 unspecified atom stereocenters. The van der Waals surface area contributed by atoms with E-state index in [1.54, 1.807) is 23.4 Å². The van der Waals surface area contributed by atoms with Crippen molar-refractivity contribution in [1.29, 1.82) is 0 Å². The zero-order chi connectivity index (χ0) is 15.4. The van der Waals surface area contributed by atoms with Crippen molar-refractivity contribution < 1.29 is 4.79 Å². The fraction of sp³-hybridized carbons (Fsp3) is 0.267. The lowest BCUT2D eigenvalue weighted by Crippen LogP contribution is -2.50. The van der Waals surface area contributed by atoms with Crippen LogP contribution in [-0.2, 0) is 0 Å². The minimum atomic E-state index is -0.0771. The Bertz CT molecular complexity index is 643. The van der Waals surface area contributed by atoms with Crippen LogP contribution in [0.25, 0.3) is 0 Å². The van der Waals surface area contributed by atoms with E-state index in [9.17, 15) is 4.79 Å². The molecule has 0 aliphatic carbocycles. The third kappa shape index (κ3) is 3.54. The van der Waals surface area contributed by atoms with Crippen molar-refractivity contribution >= 4 is 33.6 Å². The summed E-state index contributed by atoms with van der Waals surface area (Å²) in [6.07, 6.45) is 3.46. The first-order valence-corrected chi connectivity index (χ1v) is 7.85. The normalized spacial score (nSPS) is 14.8. The van der Waals surface area contributed by atoms with Crippen LogP contribution in [0.4, 0.5) is 16.4 Å². The predicted octanol–water partition coefficient (Wildman–Crippen LogP) is 2.59. The van der Waals surface area contributed by atoms with Gasteiger partial charge in [0.2, 0.25) is 5.95 Å². The maximum atomic E-state index is 12.3. The van der Waals surface area contributed by atoms with Gasteiger partial charge in [-0.15, -0.1) is 0 Å². The Morgan fingerprint density at radius 1 is 1.09 bits per heavy atom. The van der Waals surface area contributed by atoms with E-state index >= 15 is 0 Å². The summed E-state index contributed by atoms with van der Waals surface area (Å²) in [6, 6.07) is 9.29. The minimum Gasteiger partial charge on any atom is -0.337 e. The summed E-state index contributed by atoms with van der Waals surface area (Å²) < 4.78 is 0.941. The quantitative estimate of drug-likeness (QED) is 0.892. The van der Waals surface area contributed by atoms with Crippen molar-refractivity contribution in [3.63, 3.8) is 0 Å². The highest BCUT2D eigenvalue weighted by atomic mass is 79.9. The van der Waals surface area contributed by atoms with Crippen molar-refractivity contribution in [1.82, 2.24) is 14.9 Å². The summed E-state index contributed by atoms with van der Waals surface area (Å²) >= 11 is 3.40. The number of hydrogen-bond donors (Lipinski definition) is 1. The summed E-state index contributed by atoms with van der Waals surface area (Å²) in [5, 5.41) is 2.91.